The zero-order valence-electron chi connectivity index (χ0n) is 9.97. The molecule has 6 heteroatoms. The molecule has 0 fully saturated rings. The fourth-order valence-corrected chi connectivity index (χ4v) is 1.30. The first-order valence-electron chi connectivity index (χ1n) is 5.05. The van der Waals surface area contributed by atoms with E-state index in [9.17, 15) is 0 Å². The molecule has 0 aliphatic heterocycles. The number of halogens is 1. The lowest BCUT2D eigenvalue weighted by atomic mass is 10.1. The molecule has 0 saturated heterocycles. The SMILES string of the molecule is CCc1cccc(N(C)C(=N)N=C(N)N)c1.Cl. The second-order valence-corrected chi connectivity index (χ2v) is 3.44. The van der Waals surface area contributed by atoms with Gasteiger partial charge in [-0.15, -0.1) is 12.4 Å². The van der Waals surface area contributed by atoms with Crippen molar-refractivity contribution in [2.75, 3.05) is 11.9 Å². The lowest BCUT2D eigenvalue weighted by molar-refractivity contribution is 1.12. The van der Waals surface area contributed by atoms with Gasteiger partial charge in [-0.2, -0.15) is 4.99 Å². The highest BCUT2D eigenvalue weighted by atomic mass is 35.5. The van der Waals surface area contributed by atoms with E-state index in [0.717, 1.165) is 12.1 Å². The Balaban J connectivity index is 0.00000256. The molecule has 1 aromatic carbocycles. The third-order valence-electron chi connectivity index (χ3n) is 2.26. The van der Waals surface area contributed by atoms with E-state index in [2.05, 4.69) is 11.9 Å². The topological polar surface area (TPSA) is 91.5 Å². The van der Waals surface area contributed by atoms with Crippen LogP contribution in [0.3, 0.4) is 0 Å². The number of benzene rings is 1. The van der Waals surface area contributed by atoms with Gasteiger partial charge in [-0.1, -0.05) is 19.1 Å². The summed E-state index contributed by atoms with van der Waals surface area (Å²) >= 11 is 0. The highest BCUT2D eigenvalue weighted by molar-refractivity contribution is 6.00. The van der Waals surface area contributed by atoms with Gasteiger partial charge in [-0.25, -0.2) is 0 Å². The van der Waals surface area contributed by atoms with E-state index in [-0.39, 0.29) is 24.3 Å². The predicted octanol–water partition coefficient (Wildman–Crippen LogP) is 1.32. The number of guanidine groups is 2. The van der Waals surface area contributed by atoms with Crippen LogP contribution in [0.1, 0.15) is 12.5 Å². The van der Waals surface area contributed by atoms with Crippen LogP contribution in [0.4, 0.5) is 5.69 Å². The number of rotatable bonds is 2. The van der Waals surface area contributed by atoms with Gasteiger partial charge in [0.2, 0.25) is 5.96 Å². The van der Waals surface area contributed by atoms with Crippen LogP contribution in [0.2, 0.25) is 0 Å². The summed E-state index contributed by atoms with van der Waals surface area (Å²) in [7, 11) is 1.75. The first kappa shape index (κ1) is 15.2. The summed E-state index contributed by atoms with van der Waals surface area (Å²) in [5.41, 5.74) is 12.6. The molecule has 17 heavy (non-hydrogen) atoms. The summed E-state index contributed by atoms with van der Waals surface area (Å²) in [6, 6.07) is 7.92. The number of nitrogens with one attached hydrogen (secondary N) is 1. The summed E-state index contributed by atoms with van der Waals surface area (Å²) in [6.07, 6.45) is 0.956. The maximum atomic E-state index is 7.67. The zero-order chi connectivity index (χ0) is 12.1. The van der Waals surface area contributed by atoms with Crippen LogP contribution in [-0.2, 0) is 6.42 Å². The van der Waals surface area contributed by atoms with Crippen molar-refractivity contribution in [1.82, 2.24) is 0 Å². The van der Waals surface area contributed by atoms with Gasteiger partial charge < -0.3 is 16.4 Å². The maximum Gasteiger partial charge on any atom is 0.225 e. The monoisotopic (exact) mass is 255 g/mol. The van der Waals surface area contributed by atoms with Gasteiger partial charge in [-0.3, -0.25) is 5.41 Å². The van der Waals surface area contributed by atoms with Crippen LogP contribution in [0, 0.1) is 5.41 Å². The molecule has 1 aromatic rings. The molecule has 0 unspecified atom stereocenters. The molecule has 0 saturated carbocycles. The molecule has 5 N–H and O–H groups in total. The van der Waals surface area contributed by atoms with Crippen molar-refractivity contribution in [3.8, 4) is 0 Å². The van der Waals surface area contributed by atoms with Crippen molar-refractivity contribution in [2.24, 2.45) is 16.5 Å². The fraction of sp³-hybridized carbons (Fsp3) is 0.273. The van der Waals surface area contributed by atoms with E-state index in [1.165, 1.54) is 5.56 Å². The highest BCUT2D eigenvalue weighted by Gasteiger charge is 2.06. The van der Waals surface area contributed by atoms with Crippen molar-refractivity contribution in [1.29, 1.82) is 5.41 Å². The summed E-state index contributed by atoms with van der Waals surface area (Å²) in [5, 5.41) is 7.67. The quantitative estimate of drug-likeness (QED) is 0.550. The number of nitrogens with zero attached hydrogens (tertiary/aromatic N) is 2. The van der Waals surface area contributed by atoms with Crippen LogP contribution in [0.25, 0.3) is 0 Å². The van der Waals surface area contributed by atoms with Crippen molar-refractivity contribution in [3.63, 3.8) is 0 Å². The molecular weight excluding hydrogens is 238 g/mol. The second-order valence-electron chi connectivity index (χ2n) is 3.44. The molecule has 0 aliphatic rings. The van der Waals surface area contributed by atoms with Crippen molar-refractivity contribution in [2.45, 2.75) is 13.3 Å². The van der Waals surface area contributed by atoms with Crippen LogP contribution >= 0.6 is 12.4 Å². The van der Waals surface area contributed by atoms with Gasteiger partial charge in [0.25, 0.3) is 0 Å². The van der Waals surface area contributed by atoms with Gasteiger partial charge in [0.1, 0.15) is 0 Å². The maximum absolute atomic E-state index is 7.67. The van der Waals surface area contributed by atoms with Crippen LogP contribution in [0.15, 0.2) is 29.3 Å². The van der Waals surface area contributed by atoms with E-state index in [0.29, 0.717) is 0 Å². The number of hydrogen-bond donors (Lipinski definition) is 3. The van der Waals surface area contributed by atoms with E-state index in [1.54, 1.807) is 11.9 Å². The Morgan fingerprint density at radius 2 is 2.06 bits per heavy atom. The molecule has 5 nitrogen and oxygen atoms in total. The number of nitrogens with two attached hydrogens (primary N) is 2. The first-order valence-corrected chi connectivity index (χ1v) is 5.05. The molecule has 0 amide bonds. The van der Waals surface area contributed by atoms with Crippen LogP contribution < -0.4 is 16.4 Å². The Labute approximate surface area is 107 Å². The van der Waals surface area contributed by atoms with Gasteiger partial charge in [0.05, 0.1) is 0 Å². The molecular formula is C11H18ClN5. The molecule has 0 aromatic heterocycles. The summed E-state index contributed by atoms with van der Waals surface area (Å²) in [4.78, 5) is 5.31. The van der Waals surface area contributed by atoms with Gasteiger partial charge in [0, 0.05) is 12.7 Å². The molecule has 0 atom stereocenters. The molecule has 94 valence electrons. The van der Waals surface area contributed by atoms with Crippen molar-refractivity contribution in [3.05, 3.63) is 29.8 Å². The standard InChI is InChI=1S/C11H17N5.ClH/c1-3-8-5-4-6-9(7-8)16(2)11(14)15-10(12)13;/h4-7H,3H2,1-2H3,(H5,12,13,14,15);1H. The predicted molar refractivity (Wildman–Crippen MR) is 75.0 cm³/mol. The van der Waals surface area contributed by atoms with E-state index in [1.807, 2.05) is 24.3 Å². The third-order valence-corrected chi connectivity index (χ3v) is 2.26. The Morgan fingerprint density at radius 3 is 2.59 bits per heavy atom. The second kappa shape index (κ2) is 6.75. The van der Waals surface area contributed by atoms with Gasteiger partial charge >= 0.3 is 0 Å². The van der Waals surface area contributed by atoms with Crippen molar-refractivity contribution < 1.29 is 0 Å². The minimum Gasteiger partial charge on any atom is -0.370 e. The van der Waals surface area contributed by atoms with Gasteiger partial charge in [0.15, 0.2) is 5.96 Å². The number of anilines is 1. The first-order chi connectivity index (χ1) is 7.54. The Bertz CT molecular complexity index is 412. The lowest BCUT2D eigenvalue weighted by Crippen LogP contribution is -2.30. The average Bonchev–Trinajstić information content (AvgIpc) is 2.27. The van der Waals surface area contributed by atoms with Crippen LogP contribution in [-0.4, -0.2) is 19.0 Å². The summed E-state index contributed by atoms with van der Waals surface area (Å²) < 4.78 is 0. The number of hydrogen-bond acceptors (Lipinski definition) is 1. The lowest BCUT2D eigenvalue weighted by Gasteiger charge is -2.17. The normalized spacial score (nSPS) is 9.06. The third kappa shape index (κ3) is 4.32. The minimum atomic E-state index is -0.108. The Kier molecular flexibility index (Phi) is 6.06. The fourth-order valence-electron chi connectivity index (χ4n) is 1.30. The van der Waals surface area contributed by atoms with E-state index >= 15 is 0 Å². The molecule has 0 heterocycles. The summed E-state index contributed by atoms with van der Waals surface area (Å²) in [5.74, 6) is -0.0863. The Hall–Kier alpha value is -1.75. The smallest absolute Gasteiger partial charge is 0.225 e. The molecule has 0 bridgehead atoms. The van der Waals surface area contributed by atoms with E-state index in [4.69, 9.17) is 16.9 Å². The number of aryl methyl sites for hydroxylation is 1. The van der Waals surface area contributed by atoms with E-state index < -0.39 is 0 Å². The summed E-state index contributed by atoms with van der Waals surface area (Å²) in [6.45, 7) is 2.08. The average molecular weight is 256 g/mol. The Morgan fingerprint density at radius 1 is 1.41 bits per heavy atom. The highest BCUT2D eigenvalue weighted by Crippen LogP contribution is 2.15. The molecule has 0 aliphatic carbocycles. The van der Waals surface area contributed by atoms with Gasteiger partial charge in [-0.05, 0) is 24.1 Å². The minimum absolute atomic E-state index is 0. The molecule has 1 rings (SSSR count). The zero-order valence-corrected chi connectivity index (χ0v) is 10.8. The number of aliphatic imine (C=N–C) groups is 1. The van der Waals surface area contributed by atoms with Crippen molar-refractivity contribution >= 4 is 30.0 Å². The largest absolute Gasteiger partial charge is 0.370 e. The molecule has 0 radical (unpaired) electrons. The molecule has 0 spiro atoms. The van der Waals surface area contributed by atoms with Crippen LogP contribution in [0.5, 0.6) is 0 Å².